The van der Waals surface area contributed by atoms with E-state index in [1.807, 2.05) is 6.07 Å². The Morgan fingerprint density at radius 3 is 2.44 bits per heavy atom. The predicted octanol–water partition coefficient (Wildman–Crippen LogP) is 2.71. The van der Waals surface area contributed by atoms with E-state index in [4.69, 9.17) is 0 Å². The minimum atomic E-state index is 0.103. The summed E-state index contributed by atoms with van der Waals surface area (Å²) in [6.45, 7) is 0. The van der Waals surface area contributed by atoms with Crippen molar-refractivity contribution in [3.8, 4) is 22.9 Å². The first-order valence-corrected chi connectivity index (χ1v) is 5.47. The van der Waals surface area contributed by atoms with Crippen LogP contribution < -0.4 is 0 Å². The van der Waals surface area contributed by atoms with Gasteiger partial charge in [0.05, 0.1) is 0 Å². The van der Waals surface area contributed by atoms with E-state index in [2.05, 4.69) is 9.97 Å². The van der Waals surface area contributed by atoms with Crippen LogP contribution in [-0.2, 0) is 0 Å². The number of nitrogens with zero attached hydrogens (tertiary/aromatic N) is 2. The van der Waals surface area contributed by atoms with Crippen molar-refractivity contribution in [3.05, 3.63) is 48.8 Å². The van der Waals surface area contributed by atoms with Gasteiger partial charge in [0.1, 0.15) is 11.5 Å². The molecule has 18 heavy (non-hydrogen) atoms. The van der Waals surface area contributed by atoms with Crippen molar-refractivity contribution in [1.29, 1.82) is 0 Å². The number of rotatable bonds is 1. The van der Waals surface area contributed by atoms with Gasteiger partial charge in [-0.3, -0.25) is 0 Å². The van der Waals surface area contributed by atoms with E-state index in [9.17, 15) is 10.2 Å². The Bertz CT molecular complexity index is 712. The summed E-state index contributed by atoms with van der Waals surface area (Å²) < 4.78 is 0. The fraction of sp³-hybridized carbons (Fsp3) is 0. The number of phenolic OH excluding ortho intramolecular Hbond substituents is 2. The smallest absolute Gasteiger partial charge is 0.159 e. The lowest BCUT2D eigenvalue weighted by atomic mass is 10.0. The van der Waals surface area contributed by atoms with Gasteiger partial charge in [-0.1, -0.05) is 6.07 Å². The highest BCUT2D eigenvalue weighted by atomic mass is 16.3. The predicted molar refractivity (Wildman–Crippen MR) is 68.3 cm³/mol. The maximum absolute atomic E-state index is 9.97. The molecule has 0 atom stereocenters. The molecule has 0 spiro atoms. The SMILES string of the molecule is Oc1ccc2cc(-c3ncccn3)cc(O)c2c1. The summed E-state index contributed by atoms with van der Waals surface area (Å²) in [7, 11) is 0. The highest BCUT2D eigenvalue weighted by Crippen LogP contribution is 2.32. The third kappa shape index (κ3) is 1.73. The van der Waals surface area contributed by atoms with Gasteiger partial charge in [-0.15, -0.1) is 0 Å². The molecule has 2 N–H and O–H groups in total. The molecule has 88 valence electrons. The van der Waals surface area contributed by atoms with Crippen LogP contribution in [0, 0.1) is 0 Å². The molecule has 1 heterocycles. The van der Waals surface area contributed by atoms with Crippen LogP contribution in [0.4, 0.5) is 0 Å². The molecule has 0 unspecified atom stereocenters. The Morgan fingerprint density at radius 1 is 0.889 bits per heavy atom. The molecule has 0 aliphatic rings. The number of aromatic nitrogens is 2. The number of fused-ring (bicyclic) bond motifs is 1. The largest absolute Gasteiger partial charge is 0.508 e. The molecule has 1 aromatic heterocycles. The van der Waals surface area contributed by atoms with E-state index < -0.39 is 0 Å². The average molecular weight is 238 g/mol. The molecule has 0 fully saturated rings. The quantitative estimate of drug-likeness (QED) is 0.684. The second kappa shape index (κ2) is 4.00. The van der Waals surface area contributed by atoms with Gasteiger partial charge in [-0.05, 0) is 35.7 Å². The summed E-state index contributed by atoms with van der Waals surface area (Å²) in [6.07, 6.45) is 3.31. The van der Waals surface area contributed by atoms with Crippen LogP contribution in [-0.4, -0.2) is 20.2 Å². The van der Waals surface area contributed by atoms with Crippen molar-refractivity contribution in [1.82, 2.24) is 9.97 Å². The Hall–Kier alpha value is -2.62. The van der Waals surface area contributed by atoms with E-state index in [1.54, 1.807) is 36.7 Å². The molecule has 0 amide bonds. The molecular formula is C14H10N2O2. The van der Waals surface area contributed by atoms with Gasteiger partial charge in [0.25, 0.3) is 0 Å². The number of aromatic hydroxyl groups is 2. The molecule has 0 aliphatic heterocycles. The van der Waals surface area contributed by atoms with Crippen molar-refractivity contribution in [2.75, 3.05) is 0 Å². The maximum atomic E-state index is 9.97. The first-order chi connectivity index (χ1) is 8.74. The average Bonchev–Trinajstić information content (AvgIpc) is 2.40. The molecule has 4 nitrogen and oxygen atoms in total. The minimum Gasteiger partial charge on any atom is -0.508 e. The van der Waals surface area contributed by atoms with Crippen molar-refractivity contribution >= 4 is 10.8 Å². The fourth-order valence-electron chi connectivity index (χ4n) is 1.90. The molecule has 2 aromatic carbocycles. The summed E-state index contributed by atoms with van der Waals surface area (Å²) >= 11 is 0. The van der Waals surface area contributed by atoms with Gasteiger partial charge in [0.2, 0.25) is 0 Å². The molecular weight excluding hydrogens is 228 g/mol. The van der Waals surface area contributed by atoms with Crippen molar-refractivity contribution < 1.29 is 10.2 Å². The van der Waals surface area contributed by atoms with E-state index >= 15 is 0 Å². The van der Waals surface area contributed by atoms with E-state index in [1.165, 1.54) is 6.07 Å². The van der Waals surface area contributed by atoms with E-state index in [0.29, 0.717) is 11.2 Å². The number of benzene rings is 2. The van der Waals surface area contributed by atoms with Crippen LogP contribution in [0.1, 0.15) is 0 Å². The van der Waals surface area contributed by atoms with Gasteiger partial charge < -0.3 is 10.2 Å². The van der Waals surface area contributed by atoms with Gasteiger partial charge in [-0.2, -0.15) is 0 Å². The molecule has 3 rings (SSSR count). The second-order valence-electron chi connectivity index (χ2n) is 3.97. The number of hydrogen-bond acceptors (Lipinski definition) is 4. The van der Waals surface area contributed by atoms with E-state index in [-0.39, 0.29) is 11.5 Å². The standard InChI is InChI=1S/C14H10N2O2/c17-11-3-2-9-6-10(7-13(18)12(9)8-11)14-15-4-1-5-16-14/h1-8,17-18H. The van der Waals surface area contributed by atoms with Crippen LogP contribution in [0.15, 0.2) is 48.8 Å². The van der Waals surface area contributed by atoms with Crippen LogP contribution in [0.2, 0.25) is 0 Å². The molecule has 4 heteroatoms. The zero-order chi connectivity index (χ0) is 12.5. The summed E-state index contributed by atoms with van der Waals surface area (Å²) in [5.41, 5.74) is 0.742. The Kier molecular flexibility index (Phi) is 2.34. The number of phenols is 2. The Morgan fingerprint density at radius 2 is 1.67 bits per heavy atom. The van der Waals surface area contributed by atoms with Crippen molar-refractivity contribution in [2.45, 2.75) is 0 Å². The van der Waals surface area contributed by atoms with Gasteiger partial charge >= 0.3 is 0 Å². The molecule has 0 aliphatic carbocycles. The van der Waals surface area contributed by atoms with Crippen molar-refractivity contribution in [3.63, 3.8) is 0 Å². The zero-order valence-corrected chi connectivity index (χ0v) is 9.41. The lowest BCUT2D eigenvalue weighted by Crippen LogP contribution is -1.87. The Labute approximate surface area is 103 Å². The highest BCUT2D eigenvalue weighted by molar-refractivity contribution is 5.92. The third-order valence-electron chi connectivity index (χ3n) is 2.74. The first-order valence-electron chi connectivity index (χ1n) is 5.47. The van der Waals surface area contributed by atoms with Crippen LogP contribution in [0.25, 0.3) is 22.2 Å². The van der Waals surface area contributed by atoms with E-state index in [0.717, 1.165) is 10.9 Å². The summed E-state index contributed by atoms with van der Waals surface area (Å²) in [5, 5.41) is 20.8. The number of hydrogen-bond donors (Lipinski definition) is 2. The van der Waals surface area contributed by atoms with Crippen molar-refractivity contribution in [2.24, 2.45) is 0 Å². The van der Waals surface area contributed by atoms with Gasteiger partial charge in [0, 0.05) is 23.3 Å². The molecule has 3 aromatic rings. The molecule has 0 radical (unpaired) electrons. The summed E-state index contributed by atoms with van der Waals surface area (Å²) in [5.74, 6) is 0.787. The summed E-state index contributed by atoms with van der Waals surface area (Å²) in [4.78, 5) is 8.29. The van der Waals surface area contributed by atoms with Gasteiger partial charge in [0.15, 0.2) is 5.82 Å². The molecule has 0 saturated heterocycles. The fourth-order valence-corrected chi connectivity index (χ4v) is 1.90. The third-order valence-corrected chi connectivity index (χ3v) is 2.74. The highest BCUT2D eigenvalue weighted by Gasteiger charge is 2.07. The lowest BCUT2D eigenvalue weighted by molar-refractivity contribution is 0.472. The first kappa shape index (κ1) is 10.5. The topological polar surface area (TPSA) is 66.2 Å². The van der Waals surface area contributed by atoms with Gasteiger partial charge in [-0.25, -0.2) is 9.97 Å². The zero-order valence-electron chi connectivity index (χ0n) is 9.41. The lowest BCUT2D eigenvalue weighted by Gasteiger charge is -2.05. The molecule has 0 bridgehead atoms. The maximum Gasteiger partial charge on any atom is 0.159 e. The second-order valence-corrected chi connectivity index (χ2v) is 3.97. The minimum absolute atomic E-state index is 0.103. The Balaban J connectivity index is 2.25. The summed E-state index contributed by atoms with van der Waals surface area (Å²) in [6, 6.07) is 10.1. The normalized spacial score (nSPS) is 10.7. The van der Waals surface area contributed by atoms with Crippen LogP contribution in [0.3, 0.4) is 0 Å². The molecule has 0 saturated carbocycles. The van der Waals surface area contributed by atoms with Crippen LogP contribution >= 0.6 is 0 Å². The monoisotopic (exact) mass is 238 g/mol. The van der Waals surface area contributed by atoms with Crippen LogP contribution in [0.5, 0.6) is 11.5 Å².